The third-order valence-corrected chi connectivity index (χ3v) is 0. The smallest absolute Gasteiger partial charge is 0.126 e. The molecule has 0 saturated heterocycles. The summed E-state index contributed by atoms with van der Waals surface area (Å²) >= 11 is 0. The molecule has 0 radical (unpaired) electrons. The maximum Gasteiger partial charge on any atom is 0.126 e. The molecule has 0 N–H and O–H groups in total. The number of rotatable bonds is 0. The van der Waals surface area contributed by atoms with Crippen LogP contribution in [-0.4, -0.2) is 5.78 Å². The molecule has 0 heterocycles. The van der Waals surface area contributed by atoms with Crippen molar-refractivity contribution in [3.63, 3.8) is 0 Å². The molecule has 0 aliphatic heterocycles. The van der Waals surface area contributed by atoms with E-state index in [4.69, 9.17) is 0 Å². The van der Waals surface area contributed by atoms with Crippen molar-refractivity contribution in [2.24, 2.45) is 0 Å². The molecule has 0 aliphatic rings. The molecular weight excluding hydrogens is 367 g/mol. The van der Waals surface area contributed by atoms with Gasteiger partial charge in [-0.05, 0) is 13.8 Å². The number of hydrogen-bond acceptors (Lipinski definition) is 1. The molecule has 0 aromatic heterocycles. The number of carbonyl (C=O) groups excluding carboxylic acids is 1. The zero-order valence-electron chi connectivity index (χ0n) is 3.62. The molecule has 0 amide bonds. The minimum atomic E-state index is 0. The Labute approximate surface area is 102 Å². The Balaban J connectivity index is -0.0000000450. The van der Waals surface area contributed by atoms with Crippen LogP contribution in [0.2, 0.25) is 0 Å². The molecule has 0 aromatic carbocycles. The molecule has 40 valence electrons. The summed E-state index contributed by atoms with van der Waals surface area (Å²) < 4.78 is 0. The van der Waals surface area contributed by atoms with E-state index in [1.807, 2.05) is 0 Å². The Morgan fingerprint density at radius 2 is 1.17 bits per heavy atom. The first kappa shape index (κ1) is 15.8. The maximum atomic E-state index is 9.44. The fourth-order valence-electron chi connectivity index (χ4n) is 0. The van der Waals surface area contributed by atoms with Gasteiger partial charge >= 0.3 is 0 Å². The molecule has 0 unspecified atom stereocenters. The summed E-state index contributed by atoms with van der Waals surface area (Å²) in [4.78, 5) is 9.44. The van der Waals surface area contributed by atoms with Crippen LogP contribution >= 0.6 is 0 Å². The van der Waals surface area contributed by atoms with Crippen molar-refractivity contribution in [1.29, 1.82) is 0 Å². The van der Waals surface area contributed by atoms with Crippen molar-refractivity contribution >= 4 is 5.78 Å². The van der Waals surface area contributed by atoms with Crippen LogP contribution in [0.3, 0.4) is 0 Å². The van der Waals surface area contributed by atoms with Crippen molar-refractivity contribution in [3.05, 3.63) is 0 Å². The van der Waals surface area contributed by atoms with Gasteiger partial charge in [-0.25, -0.2) is 0 Å². The van der Waals surface area contributed by atoms with Gasteiger partial charge in [-0.3, -0.25) is 0 Å². The van der Waals surface area contributed by atoms with Gasteiger partial charge in [-0.2, -0.15) is 0 Å². The van der Waals surface area contributed by atoms with E-state index in [9.17, 15) is 4.79 Å². The Morgan fingerprint density at radius 1 is 1.17 bits per heavy atom. The molecule has 0 saturated carbocycles. The van der Waals surface area contributed by atoms with Gasteiger partial charge in [0.2, 0.25) is 0 Å². The first-order valence-electron chi connectivity index (χ1n) is 1.20. The van der Waals surface area contributed by atoms with E-state index < -0.39 is 0 Å². The van der Waals surface area contributed by atoms with Gasteiger partial charge in [0, 0.05) is 79.9 Å². The van der Waals surface area contributed by atoms with Crippen LogP contribution in [0.25, 0.3) is 0 Å². The van der Waals surface area contributed by atoms with Gasteiger partial charge in [0.05, 0.1) is 0 Å². The van der Waals surface area contributed by atoms with Gasteiger partial charge in [0.25, 0.3) is 0 Å². The monoisotopic (exact) mass is 374 g/mol. The quantitative estimate of drug-likeness (QED) is 0.609. The number of hydrogen-bond donors (Lipinski definition) is 0. The normalized spacial score (nSPS) is 4.33. The summed E-state index contributed by atoms with van der Waals surface area (Å²) in [5.41, 5.74) is 0. The van der Waals surface area contributed by atoms with Gasteiger partial charge in [-0.15, -0.1) is 0 Å². The summed E-state index contributed by atoms with van der Waals surface area (Å²) in [6, 6.07) is 0. The van der Waals surface area contributed by atoms with E-state index in [2.05, 4.69) is 0 Å². The van der Waals surface area contributed by atoms with E-state index in [1.165, 1.54) is 13.8 Å². The van der Waals surface area contributed by atoms with E-state index >= 15 is 0 Å². The Hall–Kier alpha value is 2.32. The van der Waals surface area contributed by atoms with Crippen LogP contribution in [-0.2, 0) is 4.79 Å². The fraction of sp³-hybridized carbons (Fsp3) is 0.667. The zero-order valence-corrected chi connectivity index (χ0v) is 8.15. The average Bonchev–Trinajstić information content (AvgIpc) is 0.811. The van der Waals surface area contributed by atoms with Crippen molar-refractivity contribution in [1.82, 2.24) is 0 Å². The molecule has 6 heavy (non-hydrogen) atoms. The zero-order chi connectivity index (χ0) is 3.58. The van der Waals surface area contributed by atoms with Crippen molar-refractivity contribution in [3.8, 4) is 0 Å². The van der Waals surface area contributed by atoms with Crippen LogP contribution in [0.4, 0.5) is 0 Å². The van der Waals surface area contributed by atoms with Gasteiger partial charge in [0.15, 0.2) is 0 Å². The van der Waals surface area contributed by atoms with E-state index in [0.717, 1.165) is 0 Å². The van der Waals surface area contributed by atoms with Crippen LogP contribution in [0.5, 0.6) is 0 Å². The molecule has 3 heteroatoms. The summed E-state index contributed by atoms with van der Waals surface area (Å²) in [6.07, 6.45) is 0. The number of Topliss-reactive ketones (excluding diaryl/α,β-unsaturated/α-hetero) is 1. The second-order valence-corrected chi connectivity index (χ2v) is 0.908. The minimum Gasteiger partial charge on any atom is -0.300 e. The van der Waals surface area contributed by atoms with Crippen molar-refractivity contribution in [2.45, 2.75) is 13.8 Å². The van der Waals surface area contributed by atoms with Crippen LogP contribution in [0.1, 0.15) is 13.8 Å². The van der Waals surface area contributed by atoms with E-state index in [-0.39, 0.29) is 85.7 Å². The van der Waals surface area contributed by atoms with Crippen LogP contribution in [0.15, 0.2) is 0 Å². The maximum absolute atomic E-state index is 9.44. The minimum absolute atomic E-state index is 0. The third-order valence-electron chi connectivity index (χ3n) is 0. The largest absolute Gasteiger partial charge is 0.300 e. The molecule has 0 spiro atoms. The fourth-order valence-corrected chi connectivity index (χ4v) is 0. The molecule has 0 fully saturated rings. The van der Waals surface area contributed by atoms with Crippen LogP contribution < -0.4 is 0 Å². The predicted octanol–water partition coefficient (Wildman–Crippen LogP) is 0.595. The Kier molecular flexibility index (Phi) is 27.1. The van der Waals surface area contributed by atoms with E-state index in [1.54, 1.807) is 0 Å². The molecule has 0 rings (SSSR count). The number of carbonyl (C=O) groups is 1. The second kappa shape index (κ2) is 10.3. The van der Waals surface area contributed by atoms with E-state index in [0.29, 0.717) is 0 Å². The first-order valence-corrected chi connectivity index (χ1v) is 1.20. The molecule has 0 aliphatic carbocycles. The average molecular weight is 373 g/mol. The second-order valence-electron chi connectivity index (χ2n) is 0.908. The molecule has 0 aromatic rings. The standard InChI is InChI=1S/C3H6O.2Gd/c1-3(2)4;;/h1-2H3;;. The summed E-state index contributed by atoms with van der Waals surface area (Å²) in [5.74, 6) is 0.167. The molecular formula is C3H6Gd2O. The molecule has 0 atom stereocenters. The molecule has 1 nitrogen and oxygen atoms in total. The molecule has 0 bridgehead atoms. The topological polar surface area (TPSA) is 17.1 Å². The van der Waals surface area contributed by atoms with Crippen molar-refractivity contribution < 1.29 is 84.7 Å². The Bertz CT molecular complexity index is 31.8. The number of ketones is 1. The Morgan fingerprint density at radius 3 is 1.17 bits per heavy atom. The van der Waals surface area contributed by atoms with Gasteiger partial charge < -0.3 is 4.79 Å². The summed E-state index contributed by atoms with van der Waals surface area (Å²) in [6.45, 7) is 3.06. The predicted molar refractivity (Wildman–Crippen MR) is 16.4 cm³/mol. The van der Waals surface area contributed by atoms with Gasteiger partial charge in [-0.1, -0.05) is 0 Å². The van der Waals surface area contributed by atoms with Crippen molar-refractivity contribution in [2.75, 3.05) is 0 Å². The van der Waals surface area contributed by atoms with Gasteiger partial charge in [0.1, 0.15) is 5.78 Å². The van der Waals surface area contributed by atoms with Crippen LogP contribution in [0, 0.1) is 79.9 Å². The summed E-state index contributed by atoms with van der Waals surface area (Å²) in [7, 11) is 0. The first-order chi connectivity index (χ1) is 1.73. The summed E-state index contributed by atoms with van der Waals surface area (Å²) in [5, 5.41) is 0. The third kappa shape index (κ3) is 33.2. The SMILES string of the molecule is CC(C)=O.[Gd].[Gd].